The summed E-state index contributed by atoms with van der Waals surface area (Å²) < 4.78 is 163. The third-order valence-electron chi connectivity index (χ3n) is 9.84. The van der Waals surface area contributed by atoms with Gasteiger partial charge in [-0.25, -0.2) is 5.48 Å². The number of carbonyl (C=O) groups is 1. The number of rotatable bonds is 26. The number of hydrogen-bond acceptors (Lipinski definition) is 23. The summed E-state index contributed by atoms with van der Waals surface area (Å²) in [4.78, 5) is 280. The van der Waals surface area contributed by atoms with E-state index in [1.165, 1.54) is 43.7 Å². The molecule has 0 aliphatic heterocycles. The van der Waals surface area contributed by atoms with E-state index in [1.807, 2.05) is 13.0 Å². The van der Waals surface area contributed by atoms with Crippen LogP contribution in [-0.2, 0) is 84.0 Å². The van der Waals surface area contributed by atoms with E-state index in [9.17, 15) is 77.8 Å². The van der Waals surface area contributed by atoms with Gasteiger partial charge in [0.2, 0.25) is 0 Å². The van der Waals surface area contributed by atoms with Crippen LogP contribution in [0.1, 0.15) is 38.7 Å². The van der Waals surface area contributed by atoms with Crippen molar-refractivity contribution in [3.05, 3.63) is 115 Å². The maximum Gasteiger partial charge on any atom is 0.369 e. The average Bonchev–Trinajstić information content (AvgIpc) is 0.807. The molecule has 0 saturated carbocycles. The van der Waals surface area contributed by atoms with Crippen molar-refractivity contribution in [1.29, 1.82) is 0 Å². The highest BCUT2D eigenvalue weighted by molar-refractivity contribution is 7.72. The van der Waals surface area contributed by atoms with Crippen LogP contribution in [0.4, 0.5) is 0 Å². The average molecular weight is 2000 g/mol. The topological polar surface area (TPSA) is 1050 Å². The van der Waals surface area contributed by atoms with Gasteiger partial charge in [0.15, 0.2) is 0 Å². The van der Waals surface area contributed by atoms with Crippen LogP contribution in [0, 0.1) is 0 Å². The number of carboxylic acids is 1. The van der Waals surface area contributed by atoms with Gasteiger partial charge in [0.25, 0.3) is 5.08 Å². The van der Waals surface area contributed by atoms with Crippen molar-refractivity contribution in [2.24, 2.45) is 5.73 Å². The summed E-state index contributed by atoms with van der Waals surface area (Å²) in [5.41, 5.74) is 7.12. The van der Waals surface area contributed by atoms with E-state index in [-0.39, 0.29) is 59.0 Å². The molecule has 4 rings (SSSR count). The summed E-state index contributed by atoms with van der Waals surface area (Å²) in [6.45, 7) is 3.10. The zero-order valence-electron chi connectivity index (χ0n) is 59.5. The van der Waals surface area contributed by atoms with Gasteiger partial charge in [0, 0.05) is 38.3 Å². The van der Waals surface area contributed by atoms with Gasteiger partial charge in [-0.15, -0.1) is 0 Å². The number of aliphatic hydroxyl groups is 1. The minimum Gasteiger partial charge on any atom is -0.481 e. The molecule has 1 heterocycles. The van der Waals surface area contributed by atoms with E-state index in [4.69, 9.17) is 178 Å². The Bertz CT molecular complexity index is 3990. The zero-order chi connectivity index (χ0) is 93.6. The summed E-state index contributed by atoms with van der Waals surface area (Å²) in [7, 11) is -65.9. The van der Waals surface area contributed by atoms with E-state index in [0.717, 1.165) is 42.3 Å². The van der Waals surface area contributed by atoms with E-state index in [0.29, 0.717) is 18.9 Å². The monoisotopic (exact) mass is 2000 g/mol. The van der Waals surface area contributed by atoms with Gasteiger partial charge in [-0.1, -0.05) is 61.9 Å². The van der Waals surface area contributed by atoms with Gasteiger partial charge >= 0.3 is 128 Å². The van der Waals surface area contributed by atoms with Crippen LogP contribution in [0.3, 0.4) is 0 Å². The maximum absolute atomic E-state index is 10.7. The Morgan fingerprint density at radius 1 is 0.400 bits per heavy atom. The molecule has 680 valence electrons. The number of benzene rings is 3. The fraction of sp³-hybridized carbons (Fsp3) is 0.442. The third-order valence-corrected chi connectivity index (χ3v) is 25.3. The first-order valence-corrected chi connectivity index (χ1v) is 56.9. The molecule has 4 aromatic rings. The fourth-order valence-electron chi connectivity index (χ4n) is 4.90. The molecule has 3 aromatic carbocycles. The standard InChI is InChI=1S/C7H9O3P.C6H8O6P2.C6H7O3P.C5H6NO3P.C4H11O3P.C3H11NO6P2.C3H7O5P.C2H8NO4P.C2H8NO3P.C2H8O7P2.C2H8O6P2.CH5O3P/c8-11(9,10)6-7-4-2-1-3-5-7;7-13(8,9)5-1-2-6(4-3-5)14(10,11)12;7-10(8,9)6-4-2-1-3-5-6;7-10(8,9)5-1-3-6-4-2-5;1-2-3-4-8(5,6)7;1-4(2-11(5,6)7)3-12(8,9)10;4-3(5)1-2-9(6,7)8;4-3-1-2-8(5,6)7;3-1-2-7(4,5)6;1-2(3,10(4,5)6)11(7,8)9;3-9(4,5)1-2-10(6,7)8;1-5(2,3)4/h1-5H,6H2,(H2,8,9,10);1-4H,(H2,7,8,9)(H2,10,11,12);1-5H,(H2,7,8,9);1-4H,(H2,7,8,9);2-4H2,1H3,(H2,5,6,7);2-3H2,1H3,(H2,5,6,7)(H2,8,9,10);1-2H2,(H,4,5)(H2,6,7,8);3-4H,1-2H2,(H2,5,6,7);1-3H2,(H2,4,5,6);3H,1H3,(H2,4,5,6)(H2,7,8,9);1-2H2,(H2,3,4,5)(H2,6,7,8);1H3,(H2,2,3,4). The number of hydrogen-bond donors (Lipinski definition) is 37. The van der Waals surface area contributed by atoms with E-state index < -0.39 is 170 Å². The summed E-state index contributed by atoms with van der Waals surface area (Å²) >= 11 is 0. The zero-order valence-corrected chi connectivity index (χ0v) is 73.8. The van der Waals surface area contributed by atoms with Crippen LogP contribution in [0.2, 0.25) is 0 Å². The number of pyridine rings is 1. The Kier molecular flexibility index (Phi) is 64.9. The third kappa shape index (κ3) is 101. The van der Waals surface area contributed by atoms with E-state index in [1.54, 1.807) is 47.9 Å². The number of hydroxylamine groups is 1. The van der Waals surface area contributed by atoms with Crippen LogP contribution in [0.5, 0.6) is 0 Å². The van der Waals surface area contributed by atoms with Gasteiger partial charge in [0.1, 0.15) is 12.6 Å². The number of aromatic nitrogens is 1. The molecule has 0 saturated heterocycles. The molecule has 0 spiro atoms. The molecule has 0 aliphatic rings. The van der Waals surface area contributed by atoms with E-state index >= 15 is 0 Å². The van der Waals surface area contributed by atoms with Crippen molar-refractivity contribution in [1.82, 2.24) is 15.4 Å². The molecule has 0 unspecified atom stereocenters. The van der Waals surface area contributed by atoms with Gasteiger partial charge in [0.05, 0.1) is 64.6 Å². The number of nitrogens with one attached hydrogen (secondary N) is 1. The first-order chi connectivity index (χ1) is 50.4. The Morgan fingerprint density at radius 2 is 0.670 bits per heavy atom. The highest BCUT2D eigenvalue weighted by Gasteiger charge is 2.55. The van der Waals surface area contributed by atoms with Crippen molar-refractivity contribution >= 4 is 149 Å². The molecular formula is C43H96N4O52P16. The van der Waals surface area contributed by atoms with Crippen LogP contribution < -0.4 is 32.4 Å². The second-order valence-electron chi connectivity index (χ2n) is 21.4. The summed E-state index contributed by atoms with van der Waals surface area (Å²) in [5, 5.41) is 20.7. The molecule has 0 radical (unpaired) electrons. The molecule has 1 aromatic heterocycles. The van der Waals surface area contributed by atoms with E-state index in [2.05, 4.69) is 4.98 Å². The van der Waals surface area contributed by atoms with Gasteiger partial charge in [-0.2, -0.15) is 0 Å². The lowest BCUT2D eigenvalue weighted by Crippen LogP contribution is -2.23. The second-order valence-corrected chi connectivity index (χ2v) is 49.3. The predicted molar refractivity (Wildman–Crippen MR) is 408 cm³/mol. The Labute approximate surface area is 652 Å². The maximum atomic E-state index is 10.7. The lowest BCUT2D eigenvalue weighted by molar-refractivity contribution is -0.136. The first kappa shape index (κ1) is 129. The first-order valence-electron chi connectivity index (χ1n) is 29.0. The van der Waals surface area contributed by atoms with Crippen molar-refractivity contribution in [2.45, 2.75) is 44.4 Å². The highest BCUT2D eigenvalue weighted by atomic mass is 31.2. The molecule has 72 heteroatoms. The number of nitrogens with two attached hydrogens (primary N) is 1. The SMILES string of the molecule is CC(O)(P(=O)(O)O)P(=O)(O)O.CCCCP(=O)(O)O.CN(CP(=O)(O)O)CP(=O)(O)O.CP(=O)(O)O.NCCP(=O)(O)O.O=C(O)CCP(=O)(O)O.O=P(O)(O)CCNO.O=P(O)(O)CCP(=O)(O)O.O=P(O)(O)Cc1ccccc1.O=P(O)(O)c1ccc(P(=O)(O)O)cc1.O=P(O)(O)c1ccccc1.O=P(O)(O)c1ccncc1. The Morgan fingerprint density at radius 3 is 0.826 bits per heavy atom. The number of carboxylic acid groups (broad SMARTS) is 1. The summed E-state index contributed by atoms with van der Waals surface area (Å²) in [5.74, 6) is -1.20. The summed E-state index contributed by atoms with van der Waals surface area (Å²) in [6, 6.07) is 23.0. The Hall–Kier alpha value is -1.52. The number of aliphatic carboxylic acids is 1. The molecule has 56 nitrogen and oxygen atoms in total. The molecule has 0 bridgehead atoms. The van der Waals surface area contributed by atoms with Crippen LogP contribution in [0.15, 0.2) is 109 Å². The van der Waals surface area contributed by atoms with Gasteiger partial charge in [-0.05, 0) is 74.5 Å². The number of unbranched alkanes of at least 4 members (excludes halogenated alkanes) is 1. The Balaban J connectivity index is -0.000000182. The normalized spacial score (nSPS) is 12.5. The van der Waals surface area contributed by atoms with Crippen molar-refractivity contribution in [3.8, 4) is 0 Å². The molecular weight excluding hydrogens is 1900 g/mol. The van der Waals surface area contributed by atoms with Gasteiger partial charge < -0.3 is 178 Å². The smallest absolute Gasteiger partial charge is 0.369 e. The molecule has 0 atom stereocenters. The van der Waals surface area contributed by atoms with Crippen LogP contribution in [0.25, 0.3) is 0 Å². The predicted octanol–water partition coefficient (Wildman–Crippen LogP) is -2.77. The van der Waals surface area contributed by atoms with Crippen LogP contribution >= 0.6 is 122 Å². The molecule has 38 N–H and O–H groups in total. The summed E-state index contributed by atoms with van der Waals surface area (Å²) in [6.07, 6.45) is -0.455. The highest BCUT2D eigenvalue weighted by Crippen LogP contribution is 2.67. The molecule has 0 amide bonds. The lowest BCUT2D eigenvalue weighted by atomic mass is 10.2. The fourth-order valence-corrected chi connectivity index (χ4v) is 14.7. The van der Waals surface area contributed by atoms with Gasteiger partial charge in [-0.3, -0.25) is 87.7 Å². The minimum atomic E-state index is -5.20. The molecule has 115 heavy (non-hydrogen) atoms. The second kappa shape index (κ2) is 57.8. The lowest BCUT2D eigenvalue weighted by Gasteiger charge is -2.24. The largest absolute Gasteiger partial charge is 0.481 e. The minimum absolute atomic E-state index is 0.00231. The molecule has 0 aliphatic carbocycles. The van der Waals surface area contributed by atoms with Crippen molar-refractivity contribution in [3.63, 3.8) is 0 Å². The number of nitrogens with zero attached hydrogens (tertiary/aromatic N) is 2. The molecule has 0 fully saturated rings. The van der Waals surface area contributed by atoms with Crippen molar-refractivity contribution < 1.29 is 250 Å². The van der Waals surface area contributed by atoms with Crippen molar-refractivity contribution in [2.75, 3.05) is 76.3 Å². The quantitative estimate of drug-likeness (QED) is 0.0224. The van der Waals surface area contributed by atoms with Crippen LogP contribution in [-0.4, -0.2) is 269 Å².